The maximum Gasteiger partial charge on any atom is 0.250 e. The molecular formula is C13H11IN2O. The van der Waals surface area contributed by atoms with Crippen LogP contribution in [0.25, 0.3) is 0 Å². The highest BCUT2D eigenvalue weighted by Gasteiger charge is 2.17. The molecule has 0 aliphatic rings. The summed E-state index contributed by atoms with van der Waals surface area (Å²) >= 11 is 2.26. The van der Waals surface area contributed by atoms with Crippen molar-refractivity contribution in [1.82, 2.24) is 4.98 Å². The van der Waals surface area contributed by atoms with Gasteiger partial charge in [-0.15, -0.1) is 0 Å². The molecule has 1 unspecified atom stereocenters. The van der Waals surface area contributed by atoms with Crippen molar-refractivity contribution in [2.24, 2.45) is 5.73 Å². The summed E-state index contributed by atoms with van der Waals surface area (Å²) < 4.78 is 0.0255. The highest BCUT2D eigenvalue weighted by molar-refractivity contribution is 14.1. The van der Waals surface area contributed by atoms with Gasteiger partial charge in [-0.1, -0.05) is 52.9 Å². The van der Waals surface area contributed by atoms with E-state index in [2.05, 4.69) is 27.6 Å². The van der Waals surface area contributed by atoms with Crippen LogP contribution >= 0.6 is 22.6 Å². The van der Waals surface area contributed by atoms with Crippen molar-refractivity contribution < 1.29 is 4.79 Å². The molecular weight excluding hydrogens is 327 g/mol. The molecule has 0 radical (unpaired) electrons. The number of primary amides is 1. The summed E-state index contributed by atoms with van der Waals surface area (Å²) in [6, 6.07) is 13.3. The third-order valence-corrected chi connectivity index (χ3v) is 3.75. The van der Waals surface area contributed by atoms with Gasteiger partial charge in [0.2, 0.25) is 0 Å². The Balaban J connectivity index is 2.44. The Hall–Kier alpha value is -1.43. The second-order valence-corrected chi connectivity index (χ2v) is 4.82. The molecule has 3 nitrogen and oxygen atoms in total. The standard InChI is InChI=1S/C13H11IN2O/c14-11(9-5-2-1-3-6-9)12-10(13(15)17)7-4-8-16-12/h1-8,11H,(H2,15,17). The van der Waals surface area contributed by atoms with E-state index in [1.54, 1.807) is 18.3 Å². The molecule has 1 heterocycles. The number of nitrogens with two attached hydrogens (primary N) is 1. The van der Waals surface area contributed by atoms with Gasteiger partial charge in [-0.3, -0.25) is 9.78 Å². The number of hydrogen-bond donors (Lipinski definition) is 1. The Bertz CT molecular complexity index is 528. The van der Waals surface area contributed by atoms with Gasteiger partial charge in [0.1, 0.15) is 0 Å². The fourth-order valence-corrected chi connectivity index (χ4v) is 2.52. The molecule has 1 aromatic carbocycles. The van der Waals surface area contributed by atoms with E-state index in [0.29, 0.717) is 11.3 Å². The maximum absolute atomic E-state index is 11.3. The van der Waals surface area contributed by atoms with Crippen LogP contribution in [0.1, 0.15) is 25.5 Å². The zero-order valence-electron chi connectivity index (χ0n) is 9.01. The molecule has 17 heavy (non-hydrogen) atoms. The first-order valence-electron chi connectivity index (χ1n) is 5.14. The number of amides is 1. The van der Waals surface area contributed by atoms with Crippen LogP contribution in [-0.2, 0) is 0 Å². The van der Waals surface area contributed by atoms with Crippen LogP contribution in [0.3, 0.4) is 0 Å². The molecule has 2 rings (SSSR count). The molecule has 2 N–H and O–H groups in total. The Labute approximate surface area is 113 Å². The summed E-state index contributed by atoms with van der Waals surface area (Å²) in [5.74, 6) is -0.439. The minimum atomic E-state index is -0.439. The zero-order valence-corrected chi connectivity index (χ0v) is 11.2. The number of rotatable bonds is 3. The number of carbonyl (C=O) groups is 1. The average Bonchev–Trinajstić information content (AvgIpc) is 2.39. The number of nitrogens with zero attached hydrogens (tertiary/aromatic N) is 1. The van der Waals surface area contributed by atoms with Crippen molar-refractivity contribution in [1.29, 1.82) is 0 Å². The van der Waals surface area contributed by atoms with Crippen LogP contribution in [0.2, 0.25) is 0 Å². The number of hydrogen-bond acceptors (Lipinski definition) is 2. The fraction of sp³-hybridized carbons (Fsp3) is 0.0769. The number of carbonyl (C=O) groups excluding carboxylic acids is 1. The van der Waals surface area contributed by atoms with E-state index in [0.717, 1.165) is 5.56 Å². The Kier molecular flexibility index (Phi) is 3.73. The molecule has 0 saturated heterocycles. The SMILES string of the molecule is NC(=O)c1cccnc1C(I)c1ccccc1. The minimum absolute atomic E-state index is 0.0255. The highest BCUT2D eigenvalue weighted by atomic mass is 127. The van der Waals surface area contributed by atoms with Gasteiger partial charge in [0.15, 0.2) is 0 Å². The second kappa shape index (κ2) is 5.27. The molecule has 1 amide bonds. The average molecular weight is 338 g/mol. The molecule has 0 saturated carbocycles. The van der Waals surface area contributed by atoms with E-state index in [-0.39, 0.29) is 3.92 Å². The van der Waals surface area contributed by atoms with Gasteiger partial charge in [-0.2, -0.15) is 0 Å². The molecule has 0 fully saturated rings. The van der Waals surface area contributed by atoms with E-state index < -0.39 is 5.91 Å². The van der Waals surface area contributed by atoms with E-state index in [1.165, 1.54) is 0 Å². The molecule has 0 spiro atoms. The summed E-state index contributed by atoms with van der Waals surface area (Å²) in [5.41, 5.74) is 7.65. The molecule has 4 heteroatoms. The van der Waals surface area contributed by atoms with Crippen molar-refractivity contribution in [3.63, 3.8) is 0 Å². The smallest absolute Gasteiger partial charge is 0.250 e. The third kappa shape index (κ3) is 2.63. The van der Waals surface area contributed by atoms with Crippen LogP contribution in [0.15, 0.2) is 48.7 Å². The van der Waals surface area contributed by atoms with Crippen LogP contribution < -0.4 is 5.73 Å². The molecule has 86 valence electrons. The fourth-order valence-electron chi connectivity index (χ4n) is 1.61. The summed E-state index contributed by atoms with van der Waals surface area (Å²) in [7, 11) is 0. The first kappa shape index (κ1) is 12.0. The van der Waals surface area contributed by atoms with Crippen molar-refractivity contribution in [3.05, 3.63) is 65.5 Å². The van der Waals surface area contributed by atoms with Crippen molar-refractivity contribution in [2.75, 3.05) is 0 Å². The normalized spacial score (nSPS) is 12.1. The first-order chi connectivity index (χ1) is 8.20. The zero-order chi connectivity index (χ0) is 12.3. The summed E-state index contributed by atoms with van der Waals surface area (Å²) in [5, 5.41) is 0. The highest BCUT2D eigenvalue weighted by Crippen LogP contribution is 2.31. The minimum Gasteiger partial charge on any atom is -0.366 e. The largest absolute Gasteiger partial charge is 0.366 e. The predicted octanol–water partition coefficient (Wildman–Crippen LogP) is 2.70. The number of pyridine rings is 1. The van der Waals surface area contributed by atoms with Gasteiger partial charge in [0, 0.05) is 6.20 Å². The van der Waals surface area contributed by atoms with Gasteiger partial charge in [0.05, 0.1) is 15.2 Å². The quantitative estimate of drug-likeness (QED) is 0.691. The van der Waals surface area contributed by atoms with Crippen molar-refractivity contribution in [3.8, 4) is 0 Å². The third-order valence-electron chi connectivity index (χ3n) is 2.44. The topological polar surface area (TPSA) is 56.0 Å². The molecule has 0 aliphatic heterocycles. The molecule has 0 bridgehead atoms. The molecule has 1 atom stereocenters. The van der Waals surface area contributed by atoms with E-state index in [4.69, 9.17) is 5.73 Å². The van der Waals surface area contributed by atoms with E-state index in [9.17, 15) is 4.79 Å². The first-order valence-corrected chi connectivity index (χ1v) is 6.38. The summed E-state index contributed by atoms with van der Waals surface area (Å²) in [6.45, 7) is 0. The summed E-state index contributed by atoms with van der Waals surface area (Å²) in [4.78, 5) is 15.6. The molecule has 0 aliphatic carbocycles. The lowest BCUT2D eigenvalue weighted by Crippen LogP contribution is -2.15. The van der Waals surface area contributed by atoms with E-state index >= 15 is 0 Å². The summed E-state index contributed by atoms with van der Waals surface area (Å²) in [6.07, 6.45) is 1.68. The number of halogens is 1. The Morgan fingerprint density at radius 1 is 1.18 bits per heavy atom. The van der Waals surface area contributed by atoms with Gasteiger partial charge in [0.25, 0.3) is 5.91 Å². The van der Waals surface area contributed by atoms with E-state index in [1.807, 2.05) is 30.3 Å². The lowest BCUT2D eigenvalue weighted by Gasteiger charge is -2.12. The number of benzene rings is 1. The van der Waals surface area contributed by atoms with Crippen molar-refractivity contribution in [2.45, 2.75) is 3.92 Å². The second-order valence-electron chi connectivity index (χ2n) is 3.57. The lowest BCUT2D eigenvalue weighted by atomic mass is 10.0. The van der Waals surface area contributed by atoms with Crippen molar-refractivity contribution >= 4 is 28.5 Å². The Morgan fingerprint density at radius 2 is 1.88 bits per heavy atom. The number of aromatic nitrogens is 1. The predicted molar refractivity (Wildman–Crippen MR) is 75.1 cm³/mol. The van der Waals surface area contributed by atoms with Crippen LogP contribution in [0.4, 0.5) is 0 Å². The monoisotopic (exact) mass is 338 g/mol. The maximum atomic E-state index is 11.3. The Morgan fingerprint density at radius 3 is 2.53 bits per heavy atom. The molecule has 1 aromatic heterocycles. The number of alkyl halides is 1. The van der Waals surface area contributed by atoms with Crippen LogP contribution in [0, 0.1) is 0 Å². The molecule has 2 aromatic rings. The lowest BCUT2D eigenvalue weighted by molar-refractivity contribution is 0.0999. The van der Waals surface area contributed by atoms with Crippen LogP contribution in [-0.4, -0.2) is 10.9 Å². The van der Waals surface area contributed by atoms with Gasteiger partial charge < -0.3 is 5.73 Å². The van der Waals surface area contributed by atoms with Gasteiger partial charge in [-0.25, -0.2) is 0 Å². The van der Waals surface area contributed by atoms with Gasteiger partial charge in [-0.05, 0) is 17.7 Å². The van der Waals surface area contributed by atoms with Crippen LogP contribution in [0.5, 0.6) is 0 Å². The van der Waals surface area contributed by atoms with Gasteiger partial charge >= 0.3 is 0 Å².